The topological polar surface area (TPSA) is 37.3 Å². The fraction of sp³-hybridized carbons (Fsp3) is 0.800. The number of ketones is 1. The molecule has 0 aliphatic heterocycles. The highest BCUT2D eigenvalue weighted by molar-refractivity contribution is 5.82. The number of carbonyl (C=O) groups excluding carboxylic acids is 1. The molecule has 0 amide bonds. The van der Waals surface area contributed by atoms with E-state index in [1.54, 1.807) is 5.57 Å². The van der Waals surface area contributed by atoms with Gasteiger partial charge in [-0.25, -0.2) is 0 Å². The van der Waals surface area contributed by atoms with E-state index in [0.717, 1.165) is 50.4 Å². The quantitative estimate of drug-likeness (QED) is 0.708. The van der Waals surface area contributed by atoms with Crippen LogP contribution < -0.4 is 0 Å². The zero-order valence-electron chi connectivity index (χ0n) is 10.5. The van der Waals surface area contributed by atoms with Gasteiger partial charge in [0, 0.05) is 12.8 Å². The van der Waals surface area contributed by atoms with E-state index >= 15 is 0 Å². The van der Waals surface area contributed by atoms with Gasteiger partial charge in [0.05, 0.1) is 6.10 Å². The molecular formula is C15H22O2. The number of allylic oxidation sites excluding steroid dienone is 2. The molecule has 0 aromatic carbocycles. The molecule has 0 spiro atoms. The minimum Gasteiger partial charge on any atom is -0.393 e. The molecule has 0 heterocycles. The number of carbonyl (C=O) groups is 1. The van der Waals surface area contributed by atoms with Crippen LogP contribution in [0.1, 0.15) is 57.8 Å². The average Bonchev–Trinajstić information content (AvgIpc) is 2.75. The average molecular weight is 234 g/mol. The maximum atomic E-state index is 11.4. The second-order valence-electron chi connectivity index (χ2n) is 6.15. The number of Topliss-reactive ketones (excluding diaryl/α,β-unsaturated/α-hetero) is 1. The van der Waals surface area contributed by atoms with Gasteiger partial charge >= 0.3 is 0 Å². The molecule has 94 valence electrons. The Kier molecular flexibility index (Phi) is 3.08. The van der Waals surface area contributed by atoms with Gasteiger partial charge in [-0.1, -0.05) is 11.1 Å². The first kappa shape index (κ1) is 11.5. The van der Waals surface area contributed by atoms with Crippen LogP contribution in [0.4, 0.5) is 0 Å². The summed E-state index contributed by atoms with van der Waals surface area (Å²) in [7, 11) is 0. The lowest BCUT2D eigenvalue weighted by atomic mass is 9.72. The molecule has 0 radical (unpaired) electrons. The zero-order valence-corrected chi connectivity index (χ0v) is 10.5. The normalized spacial score (nSPS) is 38.4. The van der Waals surface area contributed by atoms with Crippen molar-refractivity contribution in [3.8, 4) is 0 Å². The highest BCUT2D eigenvalue weighted by atomic mass is 16.3. The monoisotopic (exact) mass is 234 g/mol. The summed E-state index contributed by atoms with van der Waals surface area (Å²) in [5.41, 5.74) is 3.07. The van der Waals surface area contributed by atoms with Crippen molar-refractivity contribution in [2.24, 2.45) is 11.8 Å². The second kappa shape index (κ2) is 4.56. The summed E-state index contributed by atoms with van der Waals surface area (Å²) < 4.78 is 0. The van der Waals surface area contributed by atoms with E-state index in [-0.39, 0.29) is 6.10 Å². The van der Waals surface area contributed by atoms with Crippen LogP contribution in [-0.4, -0.2) is 17.0 Å². The molecule has 0 saturated heterocycles. The molecule has 2 nitrogen and oxygen atoms in total. The maximum absolute atomic E-state index is 11.4. The highest BCUT2D eigenvalue weighted by Crippen LogP contribution is 2.44. The van der Waals surface area contributed by atoms with E-state index in [1.165, 1.54) is 24.8 Å². The second-order valence-corrected chi connectivity index (χ2v) is 6.15. The molecule has 17 heavy (non-hydrogen) atoms. The third kappa shape index (κ3) is 2.33. The van der Waals surface area contributed by atoms with Gasteiger partial charge in [-0.15, -0.1) is 0 Å². The molecule has 2 heteroatoms. The zero-order chi connectivity index (χ0) is 11.8. The fourth-order valence-corrected chi connectivity index (χ4v) is 4.03. The van der Waals surface area contributed by atoms with E-state index in [4.69, 9.17) is 0 Å². The van der Waals surface area contributed by atoms with Crippen molar-refractivity contribution >= 4 is 5.78 Å². The molecule has 3 atom stereocenters. The van der Waals surface area contributed by atoms with E-state index < -0.39 is 0 Å². The number of aliphatic hydroxyl groups is 1. The summed E-state index contributed by atoms with van der Waals surface area (Å²) in [6.07, 6.45) is 9.38. The molecule has 3 unspecified atom stereocenters. The predicted molar refractivity (Wildman–Crippen MR) is 66.6 cm³/mol. The molecule has 3 aliphatic carbocycles. The molecule has 3 rings (SSSR count). The molecule has 0 bridgehead atoms. The summed E-state index contributed by atoms with van der Waals surface area (Å²) >= 11 is 0. The van der Waals surface area contributed by atoms with Crippen molar-refractivity contribution in [1.82, 2.24) is 0 Å². The van der Waals surface area contributed by atoms with Crippen LogP contribution in [0.15, 0.2) is 11.1 Å². The van der Waals surface area contributed by atoms with Gasteiger partial charge in [0.15, 0.2) is 0 Å². The minimum atomic E-state index is -0.0386. The van der Waals surface area contributed by atoms with Crippen LogP contribution in [0.5, 0.6) is 0 Å². The first-order valence-corrected chi connectivity index (χ1v) is 7.12. The predicted octanol–water partition coefficient (Wildman–Crippen LogP) is 3.00. The Morgan fingerprint density at radius 1 is 0.941 bits per heavy atom. The Morgan fingerprint density at radius 2 is 1.82 bits per heavy atom. The van der Waals surface area contributed by atoms with E-state index in [9.17, 15) is 9.90 Å². The van der Waals surface area contributed by atoms with Crippen molar-refractivity contribution in [3.05, 3.63) is 11.1 Å². The van der Waals surface area contributed by atoms with Crippen LogP contribution in [0.3, 0.4) is 0 Å². The smallest absolute Gasteiger partial charge is 0.137 e. The van der Waals surface area contributed by atoms with E-state index in [1.807, 2.05) is 0 Å². The van der Waals surface area contributed by atoms with Crippen LogP contribution in [0.2, 0.25) is 0 Å². The SMILES string of the molecule is O=C1CCC2=C(CCC(C3CCC(O)C3)C2)C1. The summed E-state index contributed by atoms with van der Waals surface area (Å²) in [5, 5.41) is 9.64. The minimum absolute atomic E-state index is 0.0386. The maximum Gasteiger partial charge on any atom is 0.137 e. The first-order valence-electron chi connectivity index (χ1n) is 7.12. The van der Waals surface area contributed by atoms with E-state index in [0.29, 0.717) is 5.78 Å². The van der Waals surface area contributed by atoms with Gasteiger partial charge in [-0.3, -0.25) is 4.79 Å². The van der Waals surface area contributed by atoms with Gasteiger partial charge in [-0.05, 0) is 56.8 Å². The highest BCUT2D eigenvalue weighted by Gasteiger charge is 2.33. The van der Waals surface area contributed by atoms with Gasteiger partial charge in [-0.2, -0.15) is 0 Å². The molecular weight excluding hydrogens is 212 g/mol. The van der Waals surface area contributed by atoms with Crippen molar-refractivity contribution in [3.63, 3.8) is 0 Å². The Bertz CT molecular complexity index is 356. The summed E-state index contributed by atoms with van der Waals surface area (Å²) in [6.45, 7) is 0. The van der Waals surface area contributed by atoms with Crippen LogP contribution in [-0.2, 0) is 4.79 Å². The molecule has 1 fully saturated rings. The first-order chi connectivity index (χ1) is 8.22. The molecule has 0 aromatic heterocycles. The Hall–Kier alpha value is -0.630. The van der Waals surface area contributed by atoms with Crippen LogP contribution in [0, 0.1) is 11.8 Å². The number of hydrogen-bond donors (Lipinski definition) is 1. The lowest BCUT2D eigenvalue weighted by Gasteiger charge is -2.33. The van der Waals surface area contributed by atoms with Crippen molar-refractivity contribution < 1.29 is 9.90 Å². The van der Waals surface area contributed by atoms with Gasteiger partial charge in [0.1, 0.15) is 5.78 Å². The summed E-state index contributed by atoms with van der Waals surface area (Å²) in [5.74, 6) is 1.98. The summed E-state index contributed by atoms with van der Waals surface area (Å²) in [4.78, 5) is 11.4. The third-order valence-corrected chi connectivity index (χ3v) is 5.05. The van der Waals surface area contributed by atoms with Crippen LogP contribution in [0.25, 0.3) is 0 Å². The third-order valence-electron chi connectivity index (χ3n) is 5.05. The van der Waals surface area contributed by atoms with Gasteiger partial charge < -0.3 is 5.11 Å². The fourth-order valence-electron chi connectivity index (χ4n) is 4.03. The van der Waals surface area contributed by atoms with Crippen LogP contribution >= 0.6 is 0 Å². The number of rotatable bonds is 1. The van der Waals surface area contributed by atoms with Crippen molar-refractivity contribution in [2.45, 2.75) is 63.9 Å². The lowest BCUT2D eigenvalue weighted by Crippen LogP contribution is -2.22. The Balaban J connectivity index is 1.67. The van der Waals surface area contributed by atoms with Gasteiger partial charge in [0.25, 0.3) is 0 Å². The Morgan fingerprint density at radius 3 is 2.59 bits per heavy atom. The molecule has 1 saturated carbocycles. The lowest BCUT2D eigenvalue weighted by molar-refractivity contribution is -0.118. The standard InChI is InChI=1S/C15H22O2/c16-14-5-3-11-7-10(1-2-12(11)8-14)13-4-6-15(17)9-13/h10,13,15,17H,1-9H2. The van der Waals surface area contributed by atoms with Crippen molar-refractivity contribution in [1.29, 1.82) is 0 Å². The number of hydrogen-bond acceptors (Lipinski definition) is 2. The summed E-state index contributed by atoms with van der Waals surface area (Å²) in [6, 6.07) is 0. The number of aliphatic hydroxyl groups excluding tert-OH is 1. The van der Waals surface area contributed by atoms with E-state index in [2.05, 4.69) is 0 Å². The van der Waals surface area contributed by atoms with Gasteiger partial charge in [0.2, 0.25) is 0 Å². The molecule has 1 N–H and O–H groups in total. The van der Waals surface area contributed by atoms with Crippen molar-refractivity contribution in [2.75, 3.05) is 0 Å². The largest absolute Gasteiger partial charge is 0.393 e. The molecule has 0 aromatic rings. The molecule has 3 aliphatic rings. The Labute approximate surface area is 103 Å².